The minimum absolute atomic E-state index is 0.00921. The van der Waals surface area contributed by atoms with E-state index in [-0.39, 0.29) is 5.91 Å². The Morgan fingerprint density at radius 1 is 1.05 bits per heavy atom. The number of carbonyl (C=O) groups excluding carboxylic acids is 1. The quantitative estimate of drug-likeness (QED) is 0.774. The molecular weight excluding hydrogens is 260 g/mol. The van der Waals surface area contributed by atoms with Crippen LogP contribution >= 0.6 is 0 Å². The smallest absolute Gasteiger partial charge is 0.244 e. The first kappa shape index (κ1) is 13.4. The zero-order valence-electron chi connectivity index (χ0n) is 12.3. The fourth-order valence-corrected chi connectivity index (χ4v) is 2.63. The molecule has 1 aromatic heterocycles. The average molecular weight is 278 g/mol. The van der Waals surface area contributed by atoms with Crippen LogP contribution in [0.4, 0.5) is 5.69 Å². The van der Waals surface area contributed by atoms with Crippen molar-refractivity contribution in [1.82, 2.24) is 4.57 Å². The van der Waals surface area contributed by atoms with Crippen LogP contribution < -0.4 is 5.32 Å². The molecule has 3 aromatic rings. The number of para-hydroxylation sites is 1. The van der Waals surface area contributed by atoms with Gasteiger partial charge in [-0.25, -0.2) is 0 Å². The molecule has 0 aliphatic rings. The van der Waals surface area contributed by atoms with Crippen LogP contribution in [0.15, 0.2) is 54.6 Å². The molecule has 21 heavy (non-hydrogen) atoms. The summed E-state index contributed by atoms with van der Waals surface area (Å²) in [4.78, 5) is 12.3. The van der Waals surface area contributed by atoms with Crippen LogP contribution in [0, 0.1) is 13.8 Å². The fourth-order valence-electron chi connectivity index (χ4n) is 2.63. The Balaban J connectivity index is 1.82. The van der Waals surface area contributed by atoms with Gasteiger partial charge in [0.05, 0.1) is 0 Å². The van der Waals surface area contributed by atoms with Gasteiger partial charge in [-0.3, -0.25) is 4.79 Å². The number of hydrogen-bond donors (Lipinski definition) is 1. The largest absolute Gasteiger partial charge is 0.335 e. The standard InChI is InChI=1S/C18H18N2O/c1-13-6-5-8-16(10-13)19-18(21)12-20-14(2)11-15-7-3-4-9-17(15)20/h3-11H,12H2,1-2H3,(H,19,21). The third kappa shape index (κ3) is 2.82. The highest BCUT2D eigenvalue weighted by molar-refractivity contribution is 5.92. The summed E-state index contributed by atoms with van der Waals surface area (Å²) in [6.45, 7) is 4.37. The van der Waals surface area contributed by atoms with Gasteiger partial charge in [0, 0.05) is 16.9 Å². The number of rotatable bonds is 3. The minimum Gasteiger partial charge on any atom is -0.335 e. The molecular formula is C18H18N2O. The van der Waals surface area contributed by atoms with Crippen molar-refractivity contribution in [1.29, 1.82) is 0 Å². The highest BCUT2D eigenvalue weighted by Crippen LogP contribution is 2.19. The number of aryl methyl sites for hydroxylation is 2. The molecule has 0 fully saturated rings. The van der Waals surface area contributed by atoms with Gasteiger partial charge in [-0.2, -0.15) is 0 Å². The molecule has 0 spiro atoms. The van der Waals surface area contributed by atoms with Crippen LogP contribution in [-0.2, 0) is 11.3 Å². The normalized spacial score (nSPS) is 10.8. The van der Waals surface area contributed by atoms with E-state index in [4.69, 9.17) is 0 Å². The van der Waals surface area contributed by atoms with Crippen molar-refractivity contribution in [2.24, 2.45) is 0 Å². The molecule has 0 aliphatic carbocycles. The number of fused-ring (bicyclic) bond motifs is 1. The van der Waals surface area contributed by atoms with Crippen molar-refractivity contribution in [2.45, 2.75) is 20.4 Å². The van der Waals surface area contributed by atoms with E-state index >= 15 is 0 Å². The number of benzene rings is 2. The summed E-state index contributed by atoms with van der Waals surface area (Å²) >= 11 is 0. The van der Waals surface area contributed by atoms with Gasteiger partial charge in [-0.15, -0.1) is 0 Å². The second kappa shape index (κ2) is 5.44. The minimum atomic E-state index is -0.00921. The molecule has 2 aromatic carbocycles. The second-order valence-corrected chi connectivity index (χ2v) is 5.35. The maximum absolute atomic E-state index is 12.3. The van der Waals surface area contributed by atoms with Gasteiger partial charge in [0.2, 0.25) is 5.91 Å². The molecule has 0 unspecified atom stereocenters. The number of nitrogens with zero attached hydrogens (tertiary/aromatic N) is 1. The summed E-state index contributed by atoms with van der Waals surface area (Å²) in [5.74, 6) is -0.00921. The van der Waals surface area contributed by atoms with E-state index in [0.717, 1.165) is 22.5 Å². The van der Waals surface area contributed by atoms with Crippen molar-refractivity contribution >= 4 is 22.5 Å². The van der Waals surface area contributed by atoms with Crippen molar-refractivity contribution in [3.8, 4) is 0 Å². The van der Waals surface area contributed by atoms with E-state index in [2.05, 4.69) is 17.4 Å². The van der Waals surface area contributed by atoms with Gasteiger partial charge in [0.1, 0.15) is 6.54 Å². The van der Waals surface area contributed by atoms with Crippen molar-refractivity contribution in [3.63, 3.8) is 0 Å². The predicted octanol–water partition coefficient (Wildman–Crippen LogP) is 3.90. The molecule has 1 N–H and O–H groups in total. The topological polar surface area (TPSA) is 34.0 Å². The Hall–Kier alpha value is -2.55. The van der Waals surface area contributed by atoms with Crippen LogP contribution in [0.1, 0.15) is 11.3 Å². The summed E-state index contributed by atoms with van der Waals surface area (Å²) in [6.07, 6.45) is 0. The number of aromatic nitrogens is 1. The third-order valence-corrected chi connectivity index (χ3v) is 3.62. The number of amides is 1. The lowest BCUT2D eigenvalue weighted by Crippen LogP contribution is -2.19. The number of anilines is 1. The lowest BCUT2D eigenvalue weighted by atomic mass is 10.2. The Kier molecular flexibility index (Phi) is 3.48. The first-order chi connectivity index (χ1) is 10.1. The molecule has 3 rings (SSSR count). The van der Waals surface area contributed by atoms with Crippen molar-refractivity contribution in [3.05, 3.63) is 65.9 Å². The number of hydrogen-bond acceptors (Lipinski definition) is 1. The van der Waals surface area contributed by atoms with E-state index in [1.807, 2.05) is 60.9 Å². The first-order valence-corrected chi connectivity index (χ1v) is 7.05. The maximum atomic E-state index is 12.3. The molecule has 0 saturated carbocycles. The van der Waals surface area contributed by atoms with Crippen LogP contribution in [0.25, 0.3) is 10.9 Å². The molecule has 3 heteroatoms. The molecule has 106 valence electrons. The summed E-state index contributed by atoms with van der Waals surface area (Å²) < 4.78 is 2.04. The number of nitrogens with one attached hydrogen (secondary N) is 1. The Morgan fingerprint density at radius 2 is 1.86 bits per heavy atom. The van der Waals surface area contributed by atoms with E-state index < -0.39 is 0 Å². The van der Waals surface area contributed by atoms with Gasteiger partial charge >= 0.3 is 0 Å². The number of carbonyl (C=O) groups is 1. The SMILES string of the molecule is Cc1cccc(NC(=O)Cn2c(C)cc3ccccc32)c1. The summed E-state index contributed by atoms with van der Waals surface area (Å²) in [6, 6.07) is 18.1. The molecule has 0 atom stereocenters. The fraction of sp³-hybridized carbons (Fsp3) is 0.167. The lowest BCUT2D eigenvalue weighted by molar-refractivity contribution is -0.116. The highest BCUT2D eigenvalue weighted by atomic mass is 16.1. The third-order valence-electron chi connectivity index (χ3n) is 3.62. The van der Waals surface area contributed by atoms with Crippen LogP contribution in [0.2, 0.25) is 0 Å². The van der Waals surface area contributed by atoms with Gasteiger partial charge < -0.3 is 9.88 Å². The monoisotopic (exact) mass is 278 g/mol. The summed E-state index contributed by atoms with van der Waals surface area (Å²) in [5, 5.41) is 4.12. The van der Waals surface area contributed by atoms with Gasteiger partial charge in [0.25, 0.3) is 0 Å². The van der Waals surface area contributed by atoms with E-state index in [1.165, 1.54) is 5.39 Å². The van der Waals surface area contributed by atoms with Crippen LogP contribution in [0.3, 0.4) is 0 Å². The maximum Gasteiger partial charge on any atom is 0.244 e. The van der Waals surface area contributed by atoms with E-state index in [9.17, 15) is 4.79 Å². The average Bonchev–Trinajstić information content (AvgIpc) is 2.75. The van der Waals surface area contributed by atoms with E-state index in [1.54, 1.807) is 0 Å². The van der Waals surface area contributed by atoms with Crippen molar-refractivity contribution < 1.29 is 4.79 Å². The molecule has 0 radical (unpaired) electrons. The summed E-state index contributed by atoms with van der Waals surface area (Å²) in [7, 11) is 0. The van der Waals surface area contributed by atoms with Crippen LogP contribution in [0.5, 0.6) is 0 Å². The molecule has 3 nitrogen and oxygen atoms in total. The Labute approximate surface area is 124 Å². The summed E-state index contributed by atoms with van der Waals surface area (Å²) in [5.41, 5.74) is 4.16. The van der Waals surface area contributed by atoms with Crippen molar-refractivity contribution in [2.75, 3.05) is 5.32 Å². The zero-order chi connectivity index (χ0) is 14.8. The molecule has 0 saturated heterocycles. The molecule has 1 amide bonds. The Bertz CT molecular complexity index is 802. The Morgan fingerprint density at radius 3 is 2.67 bits per heavy atom. The second-order valence-electron chi connectivity index (χ2n) is 5.35. The predicted molar refractivity (Wildman–Crippen MR) is 86.5 cm³/mol. The highest BCUT2D eigenvalue weighted by Gasteiger charge is 2.09. The lowest BCUT2D eigenvalue weighted by Gasteiger charge is -2.10. The van der Waals surface area contributed by atoms with Gasteiger partial charge in [0.15, 0.2) is 0 Å². The zero-order valence-corrected chi connectivity index (χ0v) is 12.3. The van der Waals surface area contributed by atoms with Crippen LogP contribution in [-0.4, -0.2) is 10.5 Å². The molecule has 0 aliphatic heterocycles. The van der Waals surface area contributed by atoms with Gasteiger partial charge in [-0.05, 0) is 49.1 Å². The molecule has 1 heterocycles. The first-order valence-electron chi connectivity index (χ1n) is 7.05. The van der Waals surface area contributed by atoms with E-state index in [0.29, 0.717) is 6.54 Å². The van der Waals surface area contributed by atoms with Gasteiger partial charge in [-0.1, -0.05) is 30.3 Å². The molecule has 0 bridgehead atoms.